The summed E-state index contributed by atoms with van der Waals surface area (Å²) in [6.45, 7) is 2.20. The molecule has 0 aliphatic carbocycles. The molecule has 28 heavy (non-hydrogen) atoms. The molecule has 0 N–H and O–H groups in total. The number of nitriles is 1. The zero-order chi connectivity index (χ0) is 19.9. The molecule has 0 unspecified atom stereocenters. The number of halogens is 1. The van der Waals surface area contributed by atoms with Gasteiger partial charge in [-0.05, 0) is 46.8 Å². The Hall–Kier alpha value is -2.70. The van der Waals surface area contributed by atoms with E-state index in [0.717, 1.165) is 4.88 Å². The number of ether oxygens (including phenoxy) is 2. The molecule has 0 radical (unpaired) electrons. The van der Waals surface area contributed by atoms with Crippen molar-refractivity contribution in [3.05, 3.63) is 45.6 Å². The van der Waals surface area contributed by atoms with Gasteiger partial charge in [0.15, 0.2) is 11.5 Å². The number of rotatable bonds is 8. The summed E-state index contributed by atoms with van der Waals surface area (Å²) in [4.78, 5) is 17.5. The van der Waals surface area contributed by atoms with Gasteiger partial charge >= 0.3 is 5.97 Å². The highest BCUT2D eigenvalue weighted by atomic mass is 79.9. The fraction of sp³-hybridized carbons (Fsp3) is 0.263. The lowest BCUT2D eigenvalue weighted by atomic mass is 10.2. The minimum Gasteiger partial charge on any atom is -0.490 e. The molecule has 2 heterocycles. The van der Waals surface area contributed by atoms with Gasteiger partial charge in [-0.2, -0.15) is 10.2 Å². The van der Waals surface area contributed by atoms with Gasteiger partial charge in [0.2, 0.25) is 11.7 Å². The maximum atomic E-state index is 12.2. The second kappa shape index (κ2) is 9.48. The Bertz CT molecular complexity index is 995. The summed E-state index contributed by atoms with van der Waals surface area (Å²) >= 11 is 4.86. The van der Waals surface area contributed by atoms with Crippen LogP contribution in [0.15, 0.2) is 38.6 Å². The van der Waals surface area contributed by atoms with Gasteiger partial charge < -0.3 is 14.0 Å². The van der Waals surface area contributed by atoms with Crippen LogP contribution in [0, 0.1) is 11.3 Å². The maximum absolute atomic E-state index is 12.2. The van der Waals surface area contributed by atoms with E-state index < -0.39 is 5.97 Å². The number of hydrogen-bond donors (Lipinski definition) is 0. The smallest absolute Gasteiger partial charge is 0.311 e. The molecule has 0 spiro atoms. The number of esters is 1. The molecule has 7 nitrogen and oxygen atoms in total. The topological polar surface area (TPSA) is 98.2 Å². The highest BCUT2D eigenvalue weighted by Crippen LogP contribution is 2.37. The first kappa shape index (κ1) is 20.0. The van der Waals surface area contributed by atoms with E-state index in [2.05, 4.69) is 26.1 Å². The number of aromatic nitrogens is 2. The van der Waals surface area contributed by atoms with Crippen LogP contribution in [-0.4, -0.2) is 22.7 Å². The predicted octanol–water partition coefficient (Wildman–Crippen LogP) is 4.76. The van der Waals surface area contributed by atoms with Crippen molar-refractivity contribution in [1.29, 1.82) is 5.26 Å². The Morgan fingerprint density at radius 3 is 3.00 bits per heavy atom. The number of aryl methyl sites for hydroxylation is 1. The summed E-state index contributed by atoms with van der Waals surface area (Å²) in [5.74, 6) is 1.23. The van der Waals surface area contributed by atoms with Crippen molar-refractivity contribution in [3.63, 3.8) is 0 Å². The van der Waals surface area contributed by atoms with Gasteiger partial charge in [-0.25, -0.2) is 0 Å². The van der Waals surface area contributed by atoms with Crippen LogP contribution in [0.2, 0.25) is 0 Å². The van der Waals surface area contributed by atoms with Crippen molar-refractivity contribution in [2.45, 2.75) is 26.2 Å². The van der Waals surface area contributed by atoms with Gasteiger partial charge in [0.05, 0.1) is 27.6 Å². The van der Waals surface area contributed by atoms with E-state index in [1.807, 2.05) is 30.5 Å². The number of carbonyl (C=O) groups is 1. The quantitative estimate of drug-likeness (QED) is 0.352. The molecular weight excluding hydrogens is 446 g/mol. The van der Waals surface area contributed by atoms with Crippen molar-refractivity contribution >= 4 is 33.2 Å². The minimum atomic E-state index is -0.413. The summed E-state index contributed by atoms with van der Waals surface area (Å²) in [5, 5.41) is 14.9. The van der Waals surface area contributed by atoms with Gasteiger partial charge in [0.1, 0.15) is 0 Å². The first-order valence-electron chi connectivity index (χ1n) is 8.54. The highest BCUT2D eigenvalue weighted by molar-refractivity contribution is 9.10. The molecule has 0 atom stereocenters. The van der Waals surface area contributed by atoms with Crippen LogP contribution in [0.5, 0.6) is 11.5 Å². The molecule has 1 aromatic carbocycles. The first-order chi connectivity index (χ1) is 13.6. The highest BCUT2D eigenvalue weighted by Gasteiger charge is 2.17. The van der Waals surface area contributed by atoms with E-state index in [9.17, 15) is 4.79 Å². The number of carbonyl (C=O) groups excluding carboxylic acids is 1. The average Bonchev–Trinajstić information content (AvgIpc) is 3.36. The Balaban J connectivity index is 1.57. The first-order valence-corrected chi connectivity index (χ1v) is 10.2. The minimum absolute atomic E-state index is 0.175. The van der Waals surface area contributed by atoms with E-state index in [1.54, 1.807) is 12.1 Å². The summed E-state index contributed by atoms with van der Waals surface area (Å²) < 4.78 is 16.6. The van der Waals surface area contributed by atoms with Crippen LogP contribution in [0.4, 0.5) is 0 Å². The van der Waals surface area contributed by atoms with E-state index in [-0.39, 0.29) is 12.2 Å². The normalized spacial score (nSPS) is 10.5. The fourth-order valence-electron chi connectivity index (χ4n) is 2.41. The molecule has 3 rings (SSSR count). The molecule has 0 saturated heterocycles. The molecule has 0 aliphatic rings. The van der Waals surface area contributed by atoms with Crippen LogP contribution in [0.1, 0.15) is 31.2 Å². The van der Waals surface area contributed by atoms with Crippen LogP contribution in [-0.2, 0) is 11.2 Å². The molecule has 2 aromatic heterocycles. The second-order valence-electron chi connectivity index (χ2n) is 5.65. The van der Waals surface area contributed by atoms with Gasteiger partial charge in [-0.3, -0.25) is 4.79 Å². The van der Waals surface area contributed by atoms with Crippen LogP contribution in [0.25, 0.3) is 10.7 Å². The van der Waals surface area contributed by atoms with Gasteiger partial charge in [-0.15, -0.1) is 11.3 Å². The maximum Gasteiger partial charge on any atom is 0.311 e. The number of thiophene rings is 1. The van der Waals surface area contributed by atoms with E-state index in [1.165, 1.54) is 11.3 Å². The lowest BCUT2D eigenvalue weighted by Crippen LogP contribution is -2.10. The van der Waals surface area contributed by atoms with Crippen LogP contribution >= 0.6 is 27.3 Å². The largest absolute Gasteiger partial charge is 0.490 e. The number of benzene rings is 1. The summed E-state index contributed by atoms with van der Waals surface area (Å²) in [6, 6.07) is 9.00. The second-order valence-corrected chi connectivity index (χ2v) is 7.45. The summed E-state index contributed by atoms with van der Waals surface area (Å²) in [7, 11) is 0. The van der Waals surface area contributed by atoms with E-state index >= 15 is 0 Å². The SMILES string of the molecule is CCOc1cc(C#N)cc(Br)c1OC(=O)CCCc1nc(-c2cccs2)no1. The third-order valence-electron chi connectivity index (χ3n) is 3.64. The monoisotopic (exact) mass is 461 g/mol. The van der Waals surface area contributed by atoms with Gasteiger partial charge in [0.25, 0.3) is 0 Å². The van der Waals surface area contributed by atoms with Crippen LogP contribution < -0.4 is 9.47 Å². The summed E-state index contributed by atoms with van der Waals surface area (Å²) in [6.07, 6.45) is 1.15. The number of nitrogens with zero attached hydrogens (tertiary/aromatic N) is 3. The Morgan fingerprint density at radius 1 is 1.43 bits per heavy atom. The van der Waals surface area contributed by atoms with Crippen molar-refractivity contribution in [3.8, 4) is 28.3 Å². The third-order valence-corrected chi connectivity index (χ3v) is 5.09. The zero-order valence-corrected chi connectivity index (χ0v) is 17.4. The zero-order valence-electron chi connectivity index (χ0n) is 15.0. The standard InChI is InChI=1S/C19H16BrN3O4S/c1-2-25-14-10-12(11-21)9-13(20)18(14)26-17(24)7-3-6-16-22-19(23-27-16)15-5-4-8-28-15/h4-5,8-10H,2-3,6-7H2,1H3. The lowest BCUT2D eigenvalue weighted by Gasteiger charge is -2.12. The molecular formula is C19H16BrN3O4S. The van der Waals surface area contributed by atoms with Crippen molar-refractivity contribution in [2.24, 2.45) is 0 Å². The third kappa shape index (κ3) is 4.97. The van der Waals surface area contributed by atoms with Crippen molar-refractivity contribution in [1.82, 2.24) is 10.1 Å². The van der Waals surface area contributed by atoms with Crippen LogP contribution in [0.3, 0.4) is 0 Å². The fourth-order valence-corrected chi connectivity index (χ4v) is 3.58. The predicted molar refractivity (Wildman–Crippen MR) is 106 cm³/mol. The van der Waals surface area contributed by atoms with Crippen molar-refractivity contribution < 1.29 is 18.8 Å². The molecule has 3 aromatic rings. The molecule has 0 fully saturated rings. The van der Waals surface area contributed by atoms with Gasteiger partial charge in [-0.1, -0.05) is 11.2 Å². The van der Waals surface area contributed by atoms with Crippen molar-refractivity contribution in [2.75, 3.05) is 6.61 Å². The average molecular weight is 462 g/mol. The lowest BCUT2D eigenvalue weighted by molar-refractivity contribution is -0.134. The molecule has 9 heteroatoms. The number of hydrogen-bond acceptors (Lipinski definition) is 8. The van der Waals surface area contributed by atoms with Gasteiger partial charge in [0, 0.05) is 18.9 Å². The molecule has 0 amide bonds. The Kier molecular flexibility index (Phi) is 6.79. The summed E-state index contributed by atoms with van der Waals surface area (Å²) in [5.41, 5.74) is 0.410. The molecule has 0 bridgehead atoms. The van der Waals surface area contributed by atoms with E-state index in [0.29, 0.717) is 46.9 Å². The molecule has 0 aliphatic heterocycles. The molecule has 144 valence electrons. The Labute approximate surface area is 174 Å². The Morgan fingerprint density at radius 2 is 2.29 bits per heavy atom. The molecule has 0 saturated carbocycles. The van der Waals surface area contributed by atoms with E-state index in [4.69, 9.17) is 19.3 Å².